The van der Waals surface area contributed by atoms with E-state index in [-0.39, 0.29) is 5.76 Å². The highest BCUT2D eigenvalue weighted by Crippen LogP contribution is 2.35. The molecule has 0 spiro atoms. The van der Waals surface area contributed by atoms with Gasteiger partial charge in [0, 0.05) is 0 Å². The predicted octanol–water partition coefficient (Wildman–Crippen LogP) is 3.55. The third-order valence-electron chi connectivity index (χ3n) is 3.06. The Labute approximate surface area is 121 Å². The van der Waals surface area contributed by atoms with Gasteiger partial charge < -0.3 is 14.3 Å². The van der Waals surface area contributed by atoms with E-state index in [9.17, 15) is 5.11 Å². The fourth-order valence-corrected chi connectivity index (χ4v) is 2.01. The number of para-hydroxylation sites is 1. The van der Waals surface area contributed by atoms with Crippen molar-refractivity contribution >= 4 is 11.0 Å². The van der Waals surface area contributed by atoms with Crippen molar-refractivity contribution in [3.8, 4) is 17.6 Å². The number of hydrogen-bond acceptors (Lipinski definition) is 5. The molecule has 0 saturated carbocycles. The second-order valence-corrected chi connectivity index (χ2v) is 4.57. The number of rotatable bonds is 3. The molecule has 0 amide bonds. The number of furan rings is 1. The zero-order valence-electron chi connectivity index (χ0n) is 11.3. The highest BCUT2D eigenvalue weighted by molar-refractivity contribution is 5.86. The molecule has 21 heavy (non-hydrogen) atoms. The van der Waals surface area contributed by atoms with Gasteiger partial charge in [-0.3, -0.25) is 4.98 Å². The van der Waals surface area contributed by atoms with Gasteiger partial charge in [0.15, 0.2) is 5.75 Å². The largest absolute Gasteiger partial charge is 0.450 e. The van der Waals surface area contributed by atoms with Crippen LogP contribution < -0.4 is 4.74 Å². The van der Waals surface area contributed by atoms with Crippen LogP contribution in [0.4, 0.5) is 0 Å². The van der Waals surface area contributed by atoms with Gasteiger partial charge in [-0.05, 0) is 31.2 Å². The number of aromatic nitrogens is 1. The maximum atomic E-state index is 9.43. The summed E-state index contributed by atoms with van der Waals surface area (Å²) in [7, 11) is 0. The lowest BCUT2D eigenvalue weighted by Crippen LogP contribution is -1.95. The van der Waals surface area contributed by atoms with Gasteiger partial charge in [0.05, 0.1) is 23.4 Å². The van der Waals surface area contributed by atoms with Crippen LogP contribution in [-0.2, 0) is 0 Å². The summed E-state index contributed by atoms with van der Waals surface area (Å²) in [5.41, 5.74) is 1.15. The number of nitrogens with zero attached hydrogens (tertiary/aromatic N) is 2. The Balaban J connectivity index is 1.99. The molecule has 0 aliphatic rings. The van der Waals surface area contributed by atoms with Crippen molar-refractivity contribution < 1.29 is 14.3 Å². The van der Waals surface area contributed by atoms with E-state index in [1.165, 1.54) is 6.20 Å². The number of fused-ring (bicyclic) bond motifs is 1. The molecule has 0 aliphatic carbocycles. The standard InChI is InChI=1S/C16H12N2O3/c1-10(19)13-7-6-11(9-18-13)20-16-12-4-2-3-5-14(12)21-15(16)8-17/h2-7,9-10,19H,1H3. The van der Waals surface area contributed by atoms with E-state index in [1.54, 1.807) is 25.1 Å². The zero-order chi connectivity index (χ0) is 14.8. The lowest BCUT2D eigenvalue weighted by Gasteiger charge is -2.06. The van der Waals surface area contributed by atoms with E-state index in [0.29, 0.717) is 22.8 Å². The van der Waals surface area contributed by atoms with Crippen molar-refractivity contribution in [2.75, 3.05) is 0 Å². The van der Waals surface area contributed by atoms with Gasteiger partial charge in [-0.15, -0.1) is 0 Å². The first-order chi connectivity index (χ1) is 10.2. The molecule has 5 nitrogen and oxygen atoms in total. The van der Waals surface area contributed by atoms with Crippen molar-refractivity contribution in [2.24, 2.45) is 0 Å². The Kier molecular flexibility index (Phi) is 3.30. The molecular weight excluding hydrogens is 268 g/mol. The summed E-state index contributed by atoms with van der Waals surface area (Å²) >= 11 is 0. The summed E-state index contributed by atoms with van der Waals surface area (Å²) in [6.07, 6.45) is 0.869. The number of benzene rings is 1. The molecular formula is C16H12N2O3. The first kappa shape index (κ1) is 13.2. The molecule has 2 heterocycles. The van der Waals surface area contributed by atoms with Crippen LogP contribution in [0.5, 0.6) is 11.5 Å². The Morgan fingerprint density at radius 3 is 2.76 bits per heavy atom. The van der Waals surface area contributed by atoms with Crippen molar-refractivity contribution in [3.63, 3.8) is 0 Å². The first-order valence-electron chi connectivity index (χ1n) is 6.42. The van der Waals surface area contributed by atoms with Crippen LogP contribution in [0.25, 0.3) is 11.0 Å². The van der Waals surface area contributed by atoms with Crippen LogP contribution >= 0.6 is 0 Å². The van der Waals surface area contributed by atoms with E-state index in [4.69, 9.17) is 14.4 Å². The number of ether oxygens (including phenoxy) is 1. The first-order valence-corrected chi connectivity index (χ1v) is 6.42. The Morgan fingerprint density at radius 2 is 2.10 bits per heavy atom. The molecule has 0 aliphatic heterocycles. The molecule has 104 valence electrons. The maximum Gasteiger partial charge on any atom is 0.247 e. The maximum absolute atomic E-state index is 9.43. The smallest absolute Gasteiger partial charge is 0.247 e. The van der Waals surface area contributed by atoms with Crippen LogP contribution in [0.15, 0.2) is 47.0 Å². The van der Waals surface area contributed by atoms with Crippen molar-refractivity contribution in [1.82, 2.24) is 4.98 Å². The van der Waals surface area contributed by atoms with Crippen molar-refractivity contribution in [1.29, 1.82) is 5.26 Å². The number of aliphatic hydroxyl groups excluding tert-OH is 1. The topological polar surface area (TPSA) is 79.3 Å². The summed E-state index contributed by atoms with van der Waals surface area (Å²) in [4.78, 5) is 4.11. The molecule has 3 rings (SSSR count). The quantitative estimate of drug-likeness (QED) is 0.793. The fraction of sp³-hybridized carbons (Fsp3) is 0.125. The monoisotopic (exact) mass is 280 g/mol. The minimum atomic E-state index is -0.636. The van der Waals surface area contributed by atoms with Crippen LogP contribution in [0.1, 0.15) is 24.5 Å². The second kappa shape index (κ2) is 5.27. The number of pyridine rings is 1. The molecule has 0 bridgehead atoms. The fourth-order valence-electron chi connectivity index (χ4n) is 2.01. The average molecular weight is 280 g/mol. The van der Waals surface area contributed by atoms with E-state index in [0.717, 1.165) is 5.39 Å². The summed E-state index contributed by atoms with van der Waals surface area (Å²) in [6.45, 7) is 1.64. The molecule has 3 aromatic rings. The van der Waals surface area contributed by atoms with Gasteiger partial charge in [0.25, 0.3) is 0 Å². The molecule has 0 fully saturated rings. The minimum Gasteiger partial charge on any atom is -0.450 e. The van der Waals surface area contributed by atoms with Crippen molar-refractivity contribution in [2.45, 2.75) is 13.0 Å². The molecule has 1 unspecified atom stereocenters. The van der Waals surface area contributed by atoms with E-state index in [1.807, 2.05) is 24.3 Å². The van der Waals surface area contributed by atoms with E-state index >= 15 is 0 Å². The highest BCUT2D eigenvalue weighted by atomic mass is 16.5. The minimum absolute atomic E-state index is 0.121. The molecule has 2 aromatic heterocycles. The van der Waals surface area contributed by atoms with Gasteiger partial charge in [-0.1, -0.05) is 12.1 Å². The molecule has 1 aromatic carbocycles. The molecule has 0 radical (unpaired) electrons. The molecule has 1 atom stereocenters. The third-order valence-corrected chi connectivity index (χ3v) is 3.06. The number of hydrogen-bond donors (Lipinski definition) is 1. The van der Waals surface area contributed by atoms with Gasteiger partial charge in [0.1, 0.15) is 17.4 Å². The van der Waals surface area contributed by atoms with Crippen LogP contribution in [0.2, 0.25) is 0 Å². The van der Waals surface area contributed by atoms with Gasteiger partial charge >= 0.3 is 0 Å². The second-order valence-electron chi connectivity index (χ2n) is 4.57. The summed E-state index contributed by atoms with van der Waals surface area (Å²) < 4.78 is 11.2. The lowest BCUT2D eigenvalue weighted by atomic mass is 10.2. The Bertz CT molecular complexity index is 814. The molecule has 1 N–H and O–H groups in total. The highest BCUT2D eigenvalue weighted by Gasteiger charge is 2.16. The predicted molar refractivity (Wildman–Crippen MR) is 75.9 cm³/mol. The number of aliphatic hydroxyl groups is 1. The summed E-state index contributed by atoms with van der Waals surface area (Å²) in [5, 5.41) is 19.3. The zero-order valence-corrected chi connectivity index (χ0v) is 11.3. The van der Waals surface area contributed by atoms with Crippen LogP contribution in [-0.4, -0.2) is 10.1 Å². The summed E-state index contributed by atoms with van der Waals surface area (Å²) in [6, 6.07) is 12.6. The SMILES string of the molecule is CC(O)c1ccc(Oc2c(C#N)oc3ccccc23)cn1. The van der Waals surface area contributed by atoms with Gasteiger partial charge in [0.2, 0.25) is 5.76 Å². The normalized spacial score (nSPS) is 12.0. The van der Waals surface area contributed by atoms with Crippen molar-refractivity contribution in [3.05, 3.63) is 54.0 Å². The van der Waals surface area contributed by atoms with E-state index in [2.05, 4.69) is 4.98 Å². The molecule has 0 saturated heterocycles. The van der Waals surface area contributed by atoms with Crippen LogP contribution in [0, 0.1) is 11.3 Å². The van der Waals surface area contributed by atoms with Gasteiger partial charge in [-0.25, -0.2) is 0 Å². The Morgan fingerprint density at radius 1 is 1.29 bits per heavy atom. The lowest BCUT2D eigenvalue weighted by molar-refractivity contribution is 0.194. The average Bonchev–Trinajstić information content (AvgIpc) is 2.86. The third kappa shape index (κ3) is 2.45. The number of nitriles is 1. The molecule has 5 heteroatoms. The Hall–Kier alpha value is -2.84. The van der Waals surface area contributed by atoms with Crippen LogP contribution in [0.3, 0.4) is 0 Å². The summed E-state index contributed by atoms with van der Waals surface area (Å²) in [5.74, 6) is 0.970. The van der Waals surface area contributed by atoms with E-state index < -0.39 is 6.10 Å². The van der Waals surface area contributed by atoms with Gasteiger partial charge in [-0.2, -0.15) is 5.26 Å².